The highest BCUT2D eigenvalue weighted by Crippen LogP contribution is 2.30. The molecule has 0 aliphatic carbocycles. The van der Waals surface area contributed by atoms with Gasteiger partial charge >= 0.3 is 0 Å². The molecule has 0 fully saturated rings. The Morgan fingerprint density at radius 1 is 1.18 bits per heavy atom. The summed E-state index contributed by atoms with van der Waals surface area (Å²) in [6, 6.07) is 13.5. The summed E-state index contributed by atoms with van der Waals surface area (Å²) in [5, 5.41) is 0.700. The van der Waals surface area contributed by atoms with Gasteiger partial charge in [-0.1, -0.05) is 23.7 Å². The van der Waals surface area contributed by atoms with Crippen molar-refractivity contribution >= 4 is 17.4 Å². The first-order valence-electron chi connectivity index (χ1n) is 8.99. The van der Waals surface area contributed by atoms with E-state index in [1.807, 2.05) is 67.1 Å². The quantitative estimate of drug-likeness (QED) is 0.716. The molecule has 0 amide bonds. The number of benzene rings is 2. The number of rotatable bonds is 4. The highest BCUT2D eigenvalue weighted by Gasteiger charge is 2.26. The van der Waals surface area contributed by atoms with Crippen LogP contribution in [-0.4, -0.2) is 28.6 Å². The maximum Gasteiger partial charge on any atom is 0.153 e. The van der Waals surface area contributed by atoms with Gasteiger partial charge in [-0.15, -0.1) is 0 Å². The van der Waals surface area contributed by atoms with Crippen molar-refractivity contribution in [1.82, 2.24) is 15.0 Å². The van der Waals surface area contributed by atoms with Crippen molar-refractivity contribution in [1.29, 1.82) is 0 Å². The highest BCUT2D eigenvalue weighted by atomic mass is 35.5. The molecule has 4 rings (SSSR count). The largest absolute Gasteiger partial charge is 0.495 e. The molecule has 0 saturated carbocycles. The number of nitrogens with zero attached hydrogens (tertiary/aromatic N) is 3. The topological polar surface area (TPSA) is 60.7 Å². The van der Waals surface area contributed by atoms with Crippen LogP contribution in [-0.2, 0) is 4.84 Å². The van der Waals surface area contributed by atoms with Gasteiger partial charge in [0, 0.05) is 16.8 Å². The summed E-state index contributed by atoms with van der Waals surface area (Å²) in [4.78, 5) is 14.9. The third kappa shape index (κ3) is 3.61. The molecule has 1 aliphatic heterocycles. The molecule has 0 spiro atoms. The summed E-state index contributed by atoms with van der Waals surface area (Å²) in [6.07, 6.45) is 3.61. The molecular formula is C21H21ClN4O2. The normalized spacial score (nSPS) is 19.1. The van der Waals surface area contributed by atoms with Crippen molar-refractivity contribution in [3.63, 3.8) is 0 Å². The zero-order valence-corrected chi connectivity index (χ0v) is 16.6. The number of aromatic nitrogens is 2. The lowest BCUT2D eigenvalue weighted by molar-refractivity contribution is -0.00463. The number of halogens is 1. The van der Waals surface area contributed by atoms with Crippen LogP contribution in [0, 0.1) is 6.92 Å². The molecule has 28 heavy (non-hydrogen) atoms. The van der Waals surface area contributed by atoms with Crippen LogP contribution < -0.4 is 10.2 Å². The van der Waals surface area contributed by atoms with Crippen LogP contribution in [0.5, 0.6) is 5.75 Å². The Morgan fingerprint density at radius 2 is 1.96 bits per heavy atom. The predicted molar refractivity (Wildman–Crippen MR) is 109 cm³/mol. The molecule has 6 nitrogen and oxygen atoms in total. The van der Waals surface area contributed by atoms with Crippen molar-refractivity contribution in [2.45, 2.75) is 26.0 Å². The van der Waals surface area contributed by atoms with Crippen LogP contribution >= 0.6 is 11.6 Å². The lowest BCUT2D eigenvalue weighted by Gasteiger charge is -2.28. The summed E-state index contributed by atoms with van der Waals surface area (Å²) in [5.74, 6) is 1.38. The van der Waals surface area contributed by atoms with E-state index in [4.69, 9.17) is 26.2 Å². The lowest BCUT2D eigenvalue weighted by Crippen LogP contribution is -2.37. The number of nitrogens with one attached hydrogen (secondary N) is 1. The SMILES string of the molecule is COc1cc(C2=N[C@H](c3ccc(Cl)cc3)[C@H](C)ON2)ccc1-n1cnc(C)c1. The third-order valence-corrected chi connectivity index (χ3v) is 4.96. The van der Waals surface area contributed by atoms with Crippen LogP contribution in [0.25, 0.3) is 5.69 Å². The Balaban J connectivity index is 1.69. The van der Waals surface area contributed by atoms with E-state index in [1.54, 1.807) is 13.4 Å². The Morgan fingerprint density at radius 3 is 2.64 bits per heavy atom. The minimum absolute atomic E-state index is 0.111. The maximum absolute atomic E-state index is 6.01. The van der Waals surface area contributed by atoms with Crippen molar-refractivity contribution in [2.75, 3.05) is 7.11 Å². The Kier molecular flexibility index (Phi) is 5.07. The minimum Gasteiger partial charge on any atom is -0.495 e. The van der Waals surface area contributed by atoms with Crippen molar-refractivity contribution in [3.8, 4) is 11.4 Å². The number of hydrogen-bond acceptors (Lipinski definition) is 5. The molecule has 2 heterocycles. The van der Waals surface area contributed by atoms with Gasteiger partial charge in [-0.05, 0) is 49.7 Å². The van der Waals surface area contributed by atoms with Gasteiger partial charge in [0.1, 0.15) is 17.9 Å². The van der Waals surface area contributed by atoms with Gasteiger partial charge in [-0.2, -0.15) is 0 Å². The van der Waals surface area contributed by atoms with Crippen LogP contribution in [0.2, 0.25) is 5.02 Å². The molecular weight excluding hydrogens is 376 g/mol. The van der Waals surface area contributed by atoms with E-state index in [-0.39, 0.29) is 12.1 Å². The maximum atomic E-state index is 6.01. The van der Waals surface area contributed by atoms with Gasteiger partial charge in [0.2, 0.25) is 0 Å². The monoisotopic (exact) mass is 396 g/mol. The van der Waals surface area contributed by atoms with E-state index >= 15 is 0 Å². The number of hydroxylamine groups is 1. The summed E-state index contributed by atoms with van der Waals surface area (Å²) >= 11 is 6.01. The smallest absolute Gasteiger partial charge is 0.153 e. The number of aryl methyl sites for hydroxylation is 1. The van der Waals surface area contributed by atoms with Gasteiger partial charge in [0.25, 0.3) is 0 Å². The van der Waals surface area contributed by atoms with E-state index < -0.39 is 0 Å². The zero-order valence-electron chi connectivity index (χ0n) is 15.9. The minimum atomic E-state index is -0.129. The van der Waals surface area contributed by atoms with E-state index in [2.05, 4.69) is 10.5 Å². The summed E-state index contributed by atoms with van der Waals surface area (Å²) < 4.78 is 7.53. The molecule has 2 aromatic carbocycles. The Hall–Kier alpha value is -2.83. The molecule has 2 atom stereocenters. The summed E-state index contributed by atoms with van der Waals surface area (Å²) in [5.41, 5.74) is 6.74. The van der Waals surface area contributed by atoms with Crippen molar-refractivity contribution < 1.29 is 9.57 Å². The number of aliphatic imine (C=N–C) groups is 1. The molecule has 144 valence electrons. The van der Waals surface area contributed by atoms with Gasteiger partial charge in [-0.3, -0.25) is 9.83 Å². The summed E-state index contributed by atoms with van der Waals surface area (Å²) in [7, 11) is 1.65. The molecule has 7 heteroatoms. The predicted octanol–water partition coefficient (Wildman–Crippen LogP) is 4.25. The van der Waals surface area contributed by atoms with Crippen LogP contribution in [0.4, 0.5) is 0 Å². The molecule has 3 aromatic rings. The number of ether oxygens (including phenoxy) is 1. The molecule has 0 radical (unpaired) electrons. The van der Waals surface area contributed by atoms with E-state index in [1.165, 1.54) is 0 Å². The second-order valence-corrected chi connectivity index (χ2v) is 7.14. The fourth-order valence-electron chi connectivity index (χ4n) is 3.21. The second-order valence-electron chi connectivity index (χ2n) is 6.71. The zero-order chi connectivity index (χ0) is 19.7. The van der Waals surface area contributed by atoms with Gasteiger partial charge in [0.05, 0.1) is 24.8 Å². The second kappa shape index (κ2) is 7.66. The number of amidine groups is 1. The molecule has 1 aromatic heterocycles. The van der Waals surface area contributed by atoms with Crippen LogP contribution in [0.15, 0.2) is 60.0 Å². The number of methoxy groups -OCH3 is 1. The Labute approximate surface area is 168 Å². The standard InChI is InChI=1S/C21H21ClN4O2/c1-13-11-26(12-23-13)18-9-6-16(10-19(18)27-3)21-24-20(14(2)28-25-21)15-4-7-17(22)8-5-15/h4-12,14,20H,1-3H3,(H,24,25)/t14-,20-/m0/s1. The average Bonchev–Trinajstić information content (AvgIpc) is 3.15. The fraction of sp³-hybridized carbons (Fsp3) is 0.238. The van der Waals surface area contributed by atoms with E-state index in [0.717, 1.165) is 28.3 Å². The van der Waals surface area contributed by atoms with Crippen LogP contribution in [0.1, 0.15) is 29.8 Å². The average molecular weight is 397 g/mol. The van der Waals surface area contributed by atoms with Gasteiger partial charge < -0.3 is 9.30 Å². The third-order valence-electron chi connectivity index (χ3n) is 4.71. The fourth-order valence-corrected chi connectivity index (χ4v) is 3.34. The first-order chi connectivity index (χ1) is 13.5. The van der Waals surface area contributed by atoms with E-state index in [0.29, 0.717) is 10.9 Å². The Bertz CT molecular complexity index is 1010. The highest BCUT2D eigenvalue weighted by molar-refractivity contribution is 6.30. The van der Waals surface area contributed by atoms with Gasteiger partial charge in [-0.25, -0.2) is 10.5 Å². The first kappa shape index (κ1) is 18.5. The number of imidazole rings is 1. The lowest BCUT2D eigenvalue weighted by atomic mass is 10.0. The van der Waals surface area contributed by atoms with Crippen molar-refractivity contribution in [3.05, 3.63) is 76.8 Å². The first-order valence-corrected chi connectivity index (χ1v) is 9.37. The molecule has 1 aliphatic rings. The van der Waals surface area contributed by atoms with Crippen LogP contribution in [0.3, 0.4) is 0 Å². The number of hydrogen-bond donors (Lipinski definition) is 1. The van der Waals surface area contributed by atoms with E-state index in [9.17, 15) is 0 Å². The summed E-state index contributed by atoms with van der Waals surface area (Å²) in [6.45, 7) is 3.94. The molecule has 0 unspecified atom stereocenters. The van der Waals surface area contributed by atoms with Gasteiger partial charge in [0.15, 0.2) is 5.84 Å². The molecule has 0 saturated heterocycles. The molecule has 1 N–H and O–H groups in total. The molecule has 0 bridgehead atoms. The van der Waals surface area contributed by atoms with Crippen molar-refractivity contribution in [2.24, 2.45) is 4.99 Å².